The summed E-state index contributed by atoms with van der Waals surface area (Å²) in [6.07, 6.45) is 1.65. The van der Waals surface area contributed by atoms with Crippen LogP contribution >= 0.6 is 11.3 Å². The average molecular weight is 303 g/mol. The molecule has 0 saturated heterocycles. The summed E-state index contributed by atoms with van der Waals surface area (Å²) >= 11 is 1.56. The number of fused-ring (bicyclic) bond motifs is 1. The van der Waals surface area contributed by atoms with Crippen LogP contribution in [0.5, 0.6) is 0 Å². The first-order valence-corrected chi connectivity index (χ1v) is 7.63. The van der Waals surface area contributed by atoms with E-state index in [4.69, 9.17) is 4.42 Å². The highest BCUT2D eigenvalue weighted by atomic mass is 32.1. The number of thiophene rings is 1. The maximum atomic E-state index is 12.2. The number of aryl methyl sites for hydroxylation is 2. The number of hydrogen-bond donors (Lipinski definition) is 2. The summed E-state index contributed by atoms with van der Waals surface area (Å²) in [5.41, 5.74) is 0.955. The molecule has 6 heteroatoms. The second-order valence-electron chi connectivity index (χ2n) is 5.09. The van der Waals surface area contributed by atoms with Crippen LogP contribution in [-0.4, -0.2) is 9.97 Å². The molecule has 110 valence electrons. The Labute approximate surface area is 126 Å². The Bertz CT molecular complexity index is 817. The van der Waals surface area contributed by atoms with Crippen molar-refractivity contribution in [2.45, 2.75) is 33.4 Å². The summed E-state index contributed by atoms with van der Waals surface area (Å²) in [6.45, 7) is 6.47. The van der Waals surface area contributed by atoms with Gasteiger partial charge in [0.25, 0.3) is 5.56 Å². The molecule has 5 nitrogen and oxygen atoms in total. The Balaban J connectivity index is 1.83. The van der Waals surface area contributed by atoms with Crippen LogP contribution in [0.4, 0.5) is 0 Å². The fourth-order valence-corrected chi connectivity index (χ4v) is 3.32. The lowest BCUT2D eigenvalue weighted by Gasteiger charge is -2.10. The first-order chi connectivity index (χ1) is 10.1. The number of nitrogens with zero attached hydrogens (tertiary/aromatic N) is 1. The molecular formula is C15H17N3O2S. The second kappa shape index (κ2) is 5.46. The molecular weight excluding hydrogens is 286 g/mol. The van der Waals surface area contributed by atoms with Gasteiger partial charge in [0.05, 0.1) is 24.2 Å². The van der Waals surface area contributed by atoms with Crippen molar-refractivity contribution < 1.29 is 4.42 Å². The predicted molar refractivity (Wildman–Crippen MR) is 83.7 cm³/mol. The van der Waals surface area contributed by atoms with Crippen molar-refractivity contribution in [3.63, 3.8) is 0 Å². The second-order valence-corrected chi connectivity index (χ2v) is 6.30. The van der Waals surface area contributed by atoms with E-state index in [9.17, 15) is 4.79 Å². The van der Waals surface area contributed by atoms with Crippen LogP contribution in [0.2, 0.25) is 0 Å². The van der Waals surface area contributed by atoms with Crippen LogP contribution < -0.4 is 10.9 Å². The number of nitrogens with one attached hydrogen (secondary N) is 2. The molecule has 0 spiro atoms. The van der Waals surface area contributed by atoms with Gasteiger partial charge in [-0.05, 0) is 38.5 Å². The minimum absolute atomic E-state index is 0.0628. The third-order valence-corrected chi connectivity index (χ3v) is 4.73. The molecule has 3 rings (SSSR count). The van der Waals surface area contributed by atoms with Gasteiger partial charge in [-0.25, -0.2) is 4.98 Å². The number of furan rings is 1. The van der Waals surface area contributed by atoms with Crippen molar-refractivity contribution in [3.8, 4) is 0 Å². The third kappa shape index (κ3) is 2.64. The molecule has 0 bridgehead atoms. The van der Waals surface area contributed by atoms with Crippen LogP contribution in [0.25, 0.3) is 10.2 Å². The first kappa shape index (κ1) is 14.0. The van der Waals surface area contributed by atoms with Gasteiger partial charge in [-0.15, -0.1) is 11.3 Å². The largest absolute Gasteiger partial charge is 0.468 e. The molecule has 3 aromatic heterocycles. The lowest BCUT2D eigenvalue weighted by molar-refractivity contribution is 0.427. The fraction of sp³-hybridized carbons (Fsp3) is 0.333. The molecule has 0 amide bonds. The quantitative estimate of drug-likeness (QED) is 0.777. The Hall–Kier alpha value is -1.92. The zero-order chi connectivity index (χ0) is 15.0. The van der Waals surface area contributed by atoms with Crippen molar-refractivity contribution >= 4 is 21.6 Å². The lowest BCUT2D eigenvalue weighted by Crippen LogP contribution is -2.21. The average Bonchev–Trinajstić information content (AvgIpc) is 3.06. The monoisotopic (exact) mass is 303 g/mol. The van der Waals surface area contributed by atoms with E-state index in [1.54, 1.807) is 17.6 Å². The van der Waals surface area contributed by atoms with E-state index in [1.807, 2.05) is 32.9 Å². The van der Waals surface area contributed by atoms with E-state index in [1.165, 1.54) is 0 Å². The maximum absolute atomic E-state index is 12.2. The Morgan fingerprint density at radius 1 is 1.48 bits per heavy atom. The van der Waals surface area contributed by atoms with Crippen LogP contribution in [0.1, 0.15) is 35.0 Å². The number of aromatic nitrogens is 2. The number of hydrogen-bond acceptors (Lipinski definition) is 5. The van der Waals surface area contributed by atoms with E-state index >= 15 is 0 Å². The van der Waals surface area contributed by atoms with Crippen LogP contribution in [0.3, 0.4) is 0 Å². The van der Waals surface area contributed by atoms with Gasteiger partial charge in [0, 0.05) is 4.88 Å². The van der Waals surface area contributed by atoms with Gasteiger partial charge in [0.15, 0.2) is 0 Å². The number of H-pyrrole nitrogens is 1. The van der Waals surface area contributed by atoms with Crippen molar-refractivity contribution in [3.05, 3.63) is 50.8 Å². The van der Waals surface area contributed by atoms with Gasteiger partial charge in [0.1, 0.15) is 16.4 Å². The summed E-state index contributed by atoms with van der Waals surface area (Å²) in [6, 6.07) is 3.84. The summed E-state index contributed by atoms with van der Waals surface area (Å²) in [5.74, 6) is 1.51. The Morgan fingerprint density at radius 2 is 2.29 bits per heavy atom. The zero-order valence-electron chi connectivity index (χ0n) is 12.2. The third-order valence-electron chi connectivity index (χ3n) is 3.63. The molecule has 1 unspecified atom stereocenters. The molecule has 0 saturated carbocycles. The van der Waals surface area contributed by atoms with Crippen LogP contribution in [0, 0.1) is 13.8 Å². The van der Waals surface area contributed by atoms with E-state index in [-0.39, 0.29) is 11.6 Å². The highest BCUT2D eigenvalue weighted by molar-refractivity contribution is 7.18. The van der Waals surface area contributed by atoms with Gasteiger partial charge in [0.2, 0.25) is 0 Å². The van der Waals surface area contributed by atoms with Crippen molar-refractivity contribution in [1.29, 1.82) is 0 Å². The Morgan fingerprint density at radius 3 is 3.00 bits per heavy atom. The molecule has 2 N–H and O–H groups in total. The molecule has 0 fully saturated rings. The van der Waals surface area contributed by atoms with E-state index < -0.39 is 0 Å². The summed E-state index contributed by atoms with van der Waals surface area (Å²) in [5, 5.41) is 4.00. The molecule has 0 aliphatic carbocycles. The van der Waals surface area contributed by atoms with Crippen molar-refractivity contribution in [2.75, 3.05) is 0 Å². The molecule has 3 heterocycles. The maximum Gasteiger partial charge on any atom is 0.259 e. The molecule has 0 radical (unpaired) electrons. The summed E-state index contributed by atoms with van der Waals surface area (Å²) in [4.78, 5) is 21.5. The molecule has 0 aliphatic heterocycles. The smallest absolute Gasteiger partial charge is 0.259 e. The fourth-order valence-electron chi connectivity index (χ4n) is 2.27. The minimum Gasteiger partial charge on any atom is -0.468 e. The summed E-state index contributed by atoms with van der Waals surface area (Å²) in [7, 11) is 0. The van der Waals surface area contributed by atoms with E-state index in [0.717, 1.165) is 21.0 Å². The minimum atomic E-state index is -0.0655. The van der Waals surface area contributed by atoms with Gasteiger partial charge < -0.3 is 14.7 Å². The van der Waals surface area contributed by atoms with Crippen molar-refractivity contribution in [2.24, 2.45) is 0 Å². The van der Waals surface area contributed by atoms with Gasteiger partial charge in [-0.2, -0.15) is 0 Å². The molecule has 1 atom stereocenters. The van der Waals surface area contributed by atoms with Crippen LogP contribution in [0.15, 0.2) is 27.6 Å². The predicted octanol–water partition coefficient (Wildman–Crippen LogP) is 3.05. The molecule has 21 heavy (non-hydrogen) atoms. The van der Waals surface area contributed by atoms with Crippen LogP contribution in [-0.2, 0) is 6.54 Å². The van der Waals surface area contributed by atoms with E-state index in [2.05, 4.69) is 15.3 Å². The lowest BCUT2D eigenvalue weighted by atomic mass is 10.2. The normalized spacial score (nSPS) is 12.9. The standard InChI is InChI=1S/C15H17N3O2S/c1-8-10(3)21-15-13(8)14(19)17-12(18-15)7-16-9(2)11-5-4-6-20-11/h4-6,9,16H,7H2,1-3H3,(H,17,18,19). The first-order valence-electron chi connectivity index (χ1n) is 6.82. The number of aromatic amines is 1. The molecule has 3 aromatic rings. The molecule has 0 aromatic carbocycles. The van der Waals surface area contributed by atoms with Gasteiger partial charge in [-0.1, -0.05) is 0 Å². The highest BCUT2D eigenvalue weighted by Crippen LogP contribution is 2.25. The molecule has 0 aliphatic rings. The van der Waals surface area contributed by atoms with Crippen molar-refractivity contribution in [1.82, 2.24) is 15.3 Å². The topological polar surface area (TPSA) is 70.9 Å². The SMILES string of the molecule is Cc1sc2nc(CNC(C)c3ccco3)[nH]c(=O)c2c1C. The summed E-state index contributed by atoms with van der Waals surface area (Å²) < 4.78 is 5.34. The Kier molecular flexibility index (Phi) is 3.65. The number of rotatable bonds is 4. The zero-order valence-corrected chi connectivity index (χ0v) is 13.0. The van der Waals surface area contributed by atoms with Gasteiger partial charge in [-0.3, -0.25) is 4.79 Å². The van der Waals surface area contributed by atoms with Gasteiger partial charge >= 0.3 is 0 Å². The van der Waals surface area contributed by atoms with E-state index in [0.29, 0.717) is 17.8 Å². The highest BCUT2D eigenvalue weighted by Gasteiger charge is 2.13.